The molecule has 0 aliphatic carbocycles. The van der Waals surface area contributed by atoms with E-state index in [0.29, 0.717) is 5.56 Å². The van der Waals surface area contributed by atoms with Crippen LogP contribution in [0.5, 0.6) is 0 Å². The fraction of sp³-hybridized carbons (Fsp3) is 0.462. The zero-order valence-corrected chi connectivity index (χ0v) is 9.94. The quantitative estimate of drug-likeness (QED) is 0.688. The highest BCUT2D eigenvalue weighted by atomic mass is 16.5. The third-order valence-corrected chi connectivity index (χ3v) is 2.51. The third-order valence-electron chi connectivity index (χ3n) is 2.51. The van der Waals surface area contributed by atoms with Crippen LogP contribution in [0.2, 0.25) is 0 Å². The first-order valence-corrected chi connectivity index (χ1v) is 5.48. The molecule has 0 heterocycles. The summed E-state index contributed by atoms with van der Waals surface area (Å²) in [4.78, 5) is 2.16. The molecule has 1 aromatic carbocycles. The maximum atomic E-state index is 8.80. The summed E-state index contributed by atoms with van der Waals surface area (Å²) in [5, 5.41) is 8.80. The number of anilines is 1. The van der Waals surface area contributed by atoms with Crippen LogP contribution in [0.3, 0.4) is 0 Å². The molecule has 0 aromatic heterocycles. The Labute approximate surface area is 97.3 Å². The molecule has 0 atom stereocenters. The summed E-state index contributed by atoms with van der Waals surface area (Å²) in [6.45, 7) is 1.80. The summed E-state index contributed by atoms with van der Waals surface area (Å²) in [6.07, 6.45) is 2.17. The van der Waals surface area contributed by atoms with E-state index in [-0.39, 0.29) is 0 Å². The Morgan fingerprint density at radius 1 is 1.38 bits per heavy atom. The number of nitriles is 1. The van der Waals surface area contributed by atoms with Crippen LogP contribution >= 0.6 is 0 Å². The van der Waals surface area contributed by atoms with E-state index in [2.05, 4.69) is 11.0 Å². The fourth-order valence-electron chi connectivity index (χ4n) is 1.54. The molecule has 1 aromatic rings. The van der Waals surface area contributed by atoms with Gasteiger partial charge in [-0.25, -0.2) is 0 Å². The lowest BCUT2D eigenvalue weighted by atomic mass is 10.2. The molecule has 0 N–H and O–H groups in total. The number of rotatable bonds is 6. The number of ether oxygens (including phenoxy) is 1. The number of nitrogens with zero attached hydrogens (tertiary/aromatic N) is 2. The van der Waals surface area contributed by atoms with Crippen LogP contribution in [-0.2, 0) is 4.74 Å². The summed E-state index contributed by atoms with van der Waals surface area (Å²) >= 11 is 0. The molecule has 0 bridgehead atoms. The average Bonchev–Trinajstić information content (AvgIpc) is 2.34. The largest absolute Gasteiger partial charge is 0.385 e. The second kappa shape index (κ2) is 6.86. The number of hydrogen-bond donors (Lipinski definition) is 0. The van der Waals surface area contributed by atoms with Crippen LogP contribution in [0, 0.1) is 11.3 Å². The maximum absolute atomic E-state index is 8.80. The first kappa shape index (κ1) is 12.5. The Morgan fingerprint density at radius 3 is 2.88 bits per heavy atom. The number of hydrogen-bond acceptors (Lipinski definition) is 3. The van der Waals surface area contributed by atoms with Gasteiger partial charge in [0, 0.05) is 33.0 Å². The van der Waals surface area contributed by atoms with E-state index in [9.17, 15) is 0 Å². The van der Waals surface area contributed by atoms with E-state index < -0.39 is 0 Å². The second-order valence-corrected chi connectivity index (χ2v) is 3.78. The lowest BCUT2D eigenvalue weighted by Crippen LogP contribution is -2.18. The van der Waals surface area contributed by atoms with Crippen molar-refractivity contribution < 1.29 is 4.74 Å². The normalized spacial score (nSPS) is 9.81. The van der Waals surface area contributed by atoms with E-state index >= 15 is 0 Å². The molecule has 86 valence electrons. The van der Waals surface area contributed by atoms with Crippen molar-refractivity contribution >= 4 is 5.69 Å². The molecule has 3 heteroatoms. The van der Waals surface area contributed by atoms with Crippen molar-refractivity contribution in [2.24, 2.45) is 0 Å². The van der Waals surface area contributed by atoms with Crippen LogP contribution < -0.4 is 4.90 Å². The number of methoxy groups -OCH3 is 1. The first-order valence-electron chi connectivity index (χ1n) is 5.48. The predicted molar refractivity (Wildman–Crippen MR) is 65.5 cm³/mol. The van der Waals surface area contributed by atoms with Gasteiger partial charge in [-0.1, -0.05) is 6.07 Å². The molecule has 0 saturated heterocycles. The van der Waals surface area contributed by atoms with Gasteiger partial charge in [-0.15, -0.1) is 0 Å². The molecule has 0 amide bonds. The first-order chi connectivity index (χ1) is 7.77. The van der Waals surface area contributed by atoms with Crippen molar-refractivity contribution in [2.75, 3.05) is 32.2 Å². The highest BCUT2D eigenvalue weighted by molar-refractivity contribution is 5.50. The van der Waals surface area contributed by atoms with Gasteiger partial charge in [-0.3, -0.25) is 0 Å². The van der Waals surface area contributed by atoms with Crippen LogP contribution in [0.4, 0.5) is 5.69 Å². The molecular formula is C13H18N2O. The van der Waals surface area contributed by atoms with Gasteiger partial charge in [-0.2, -0.15) is 5.26 Å². The molecule has 0 unspecified atom stereocenters. The van der Waals surface area contributed by atoms with Crippen molar-refractivity contribution in [3.8, 4) is 6.07 Å². The topological polar surface area (TPSA) is 36.3 Å². The van der Waals surface area contributed by atoms with Gasteiger partial charge in [0.25, 0.3) is 0 Å². The van der Waals surface area contributed by atoms with Crippen molar-refractivity contribution in [2.45, 2.75) is 12.8 Å². The minimum atomic E-state index is 0.709. The Bertz CT molecular complexity index is 357. The lowest BCUT2D eigenvalue weighted by molar-refractivity contribution is 0.193. The van der Waals surface area contributed by atoms with Crippen LogP contribution in [0.25, 0.3) is 0 Å². The van der Waals surface area contributed by atoms with Gasteiger partial charge >= 0.3 is 0 Å². The maximum Gasteiger partial charge on any atom is 0.0992 e. The smallest absolute Gasteiger partial charge is 0.0992 e. The van der Waals surface area contributed by atoms with E-state index in [1.807, 2.05) is 31.3 Å². The minimum absolute atomic E-state index is 0.709. The summed E-state index contributed by atoms with van der Waals surface area (Å²) in [6, 6.07) is 9.83. The van der Waals surface area contributed by atoms with E-state index in [1.54, 1.807) is 7.11 Å². The zero-order chi connectivity index (χ0) is 11.8. The summed E-state index contributed by atoms with van der Waals surface area (Å²) < 4.78 is 5.00. The van der Waals surface area contributed by atoms with E-state index in [1.165, 1.54) is 0 Å². The highest BCUT2D eigenvalue weighted by Gasteiger charge is 2.01. The van der Waals surface area contributed by atoms with Gasteiger partial charge in [0.15, 0.2) is 0 Å². The molecule has 3 nitrogen and oxygen atoms in total. The zero-order valence-electron chi connectivity index (χ0n) is 9.94. The molecule has 0 radical (unpaired) electrons. The summed E-state index contributed by atoms with van der Waals surface area (Å²) in [7, 11) is 3.77. The molecule has 0 aliphatic rings. The van der Waals surface area contributed by atoms with Crippen LogP contribution in [0.15, 0.2) is 24.3 Å². The molecular weight excluding hydrogens is 200 g/mol. The summed E-state index contributed by atoms with van der Waals surface area (Å²) in [5.41, 5.74) is 1.80. The Kier molecular flexibility index (Phi) is 5.38. The Hall–Kier alpha value is -1.53. The Morgan fingerprint density at radius 2 is 2.19 bits per heavy atom. The fourth-order valence-corrected chi connectivity index (χ4v) is 1.54. The van der Waals surface area contributed by atoms with Crippen molar-refractivity contribution in [3.05, 3.63) is 29.8 Å². The standard InChI is InChI=1S/C13H18N2O/c1-15(8-3-4-9-16-2)13-7-5-6-12(10-13)11-14/h5-7,10H,3-4,8-9H2,1-2H3. The van der Waals surface area contributed by atoms with E-state index in [0.717, 1.165) is 31.7 Å². The van der Waals surface area contributed by atoms with E-state index in [4.69, 9.17) is 10.00 Å². The van der Waals surface area contributed by atoms with Crippen LogP contribution in [-0.4, -0.2) is 27.3 Å². The van der Waals surface area contributed by atoms with Crippen molar-refractivity contribution in [1.29, 1.82) is 5.26 Å². The Balaban J connectivity index is 2.46. The molecule has 1 rings (SSSR count). The monoisotopic (exact) mass is 218 g/mol. The van der Waals surface area contributed by atoms with Crippen LogP contribution in [0.1, 0.15) is 18.4 Å². The highest BCUT2D eigenvalue weighted by Crippen LogP contribution is 2.14. The van der Waals surface area contributed by atoms with Gasteiger partial charge in [0.1, 0.15) is 0 Å². The molecule has 16 heavy (non-hydrogen) atoms. The van der Waals surface area contributed by atoms with Crippen molar-refractivity contribution in [1.82, 2.24) is 0 Å². The molecule has 0 spiro atoms. The molecule has 0 saturated carbocycles. The van der Waals surface area contributed by atoms with Gasteiger partial charge in [-0.05, 0) is 31.0 Å². The number of benzene rings is 1. The SMILES string of the molecule is COCCCCN(C)c1cccc(C#N)c1. The van der Waals surface area contributed by atoms with Gasteiger partial charge in [0.2, 0.25) is 0 Å². The molecule has 0 fully saturated rings. The third kappa shape index (κ3) is 3.92. The predicted octanol–water partition coefficient (Wildman–Crippen LogP) is 2.42. The summed E-state index contributed by atoms with van der Waals surface area (Å²) in [5.74, 6) is 0. The second-order valence-electron chi connectivity index (χ2n) is 3.78. The average molecular weight is 218 g/mol. The minimum Gasteiger partial charge on any atom is -0.385 e. The van der Waals surface area contributed by atoms with Crippen molar-refractivity contribution in [3.63, 3.8) is 0 Å². The number of unbranched alkanes of at least 4 members (excludes halogenated alkanes) is 1. The van der Waals surface area contributed by atoms with Gasteiger partial charge in [0.05, 0.1) is 11.6 Å². The molecule has 0 aliphatic heterocycles. The van der Waals surface area contributed by atoms with Gasteiger partial charge < -0.3 is 9.64 Å². The lowest BCUT2D eigenvalue weighted by Gasteiger charge is -2.19.